The number of hydrogen-bond acceptors (Lipinski definition) is 3. The van der Waals surface area contributed by atoms with E-state index < -0.39 is 0 Å². The average molecular weight is 207 g/mol. The number of nitrogens with one attached hydrogen (secondary N) is 1. The molecule has 2 rings (SSSR count). The summed E-state index contributed by atoms with van der Waals surface area (Å²) in [6, 6.07) is 4.42. The van der Waals surface area contributed by atoms with Crippen molar-refractivity contribution in [3.63, 3.8) is 0 Å². The number of ether oxygens (including phenoxy) is 1. The Morgan fingerprint density at radius 2 is 2.07 bits per heavy atom. The monoisotopic (exact) mass is 207 g/mol. The van der Waals surface area contributed by atoms with Gasteiger partial charge in [0.15, 0.2) is 0 Å². The molecule has 0 bridgehead atoms. The molecule has 0 saturated carbocycles. The Balaban J connectivity index is 2.43. The van der Waals surface area contributed by atoms with Crippen LogP contribution in [0.4, 0.5) is 0 Å². The second-order valence-electron chi connectivity index (χ2n) is 4.12. The van der Waals surface area contributed by atoms with Gasteiger partial charge in [-0.15, -0.1) is 0 Å². The molecule has 15 heavy (non-hydrogen) atoms. The molecule has 2 unspecified atom stereocenters. The van der Waals surface area contributed by atoms with E-state index >= 15 is 0 Å². The molecule has 1 N–H and O–H groups in total. The van der Waals surface area contributed by atoms with Crippen LogP contribution in [-0.4, -0.2) is 13.2 Å². The average Bonchev–Trinajstić information content (AvgIpc) is 2.46. The zero-order valence-corrected chi connectivity index (χ0v) is 9.63. The summed E-state index contributed by atoms with van der Waals surface area (Å²) in [5.74, 6) is 1.00. The fourth-order valence-electron chi connectivity index (χ4n) is 2.17. The number of benzene rings is 1. The molecule has 3 heteroatoms. The van der Waals surface area contributed by atoms with Crippen molar-refractivity contribution in [1.29, 1.82) is 0 Å². The van der Waals surface area contributed by atoms with Gasteiger partial charge in [0.2, 0.25) is 0 Å². The predicted octanol–water partition coefficient (Wildman–Crippen LogP) is 2.28. The Kier molecular flexibility index (Phi) is 2.67. The van der Waals surface area contributed by atoms with Crippen molar-refractivity contribution in [2.45, 2.75) is 32.9 Å². The van der Waals surface area contributed by atoms with Crippen LogP contribution >= 0.6 is 0 Å². The van der Waals surface area contributed by atoms with Gasteiger partial charge in [-0.25, -0.2) is 0 Å². The Morgan fingerprint density at radius 3 is 2.73 bits per heavy atom. The highest BCUT2D eigenvalue weighted by Crippen LogP contribution is 2.39. The molecule has 3 nitrogen and oxygen atoms in total. The molecule has 82 valence electrons. The number of hydroxylamine groups is 1. The van der Waals surface area contributed by atoms with Gasteiger partial charge in [-0.3, -0.25) is 0 Å². The summed E-state index contributed by atoms with van der Waals surface area (Å²) >= 11 is 0. The Morgan fingerprint density at radius 1 is 1.33 bits per heavy atom. The summed E-state index contributed by atoms with van der Waals surface area (Å²) in [4.78, 5) is 5.00. The second kappa shape index (κ2) is 3.83. The summed E-state index contributed by atoms with van der Waals surface area (Å²) in [6.07, 6.45) is 0.112. The lowest BCUT2D eigenvalue weighted by Gasteiger charge is -2.14. The lowest BCUT2D eigenvalue weighted by Crippen LogP contribution is -2.27. The first kappa shape index (κ1) is 10.5. The molecule has 0 spiro atoms. The van der Waals surface area contributed by atoms with Gasteiger partial charge in [-0.05, 0) is 26.3 Å². The SMILES string of the molecule is CONC1c2cc(C)cc(C)c2OC1C. The molecular weight excluding hydrogens is 190 g/mol. The molecule has 2 atom stereocenters. The third-order valence-corrected chi connectivity index (χ3v) is 2.80. The lowest BCUT2D eigenvalue weighted by atomic mass is 10.0. The van der Waals surface area contributed by atoms with Crippen molar-refractivity contribution in [3.8, 4) is 5.75 Å². The zero-order valence-electron chi connectivity index (χ0n) is 9.63. The van der Waals surface area contributed by atoms with Gasteiger partial charge in [0.25, 0.3) is 0 Å². The molecular formula is C12H17NO2. The van der Waals surface area contributed by atoms with Crippen LogP contribution in [0.3, 0.4) is 0 Å². The van der Waals surface area contributed by atoms with E-state index in [2.05, 4.69) is 31.5 Å². The standard InChI is InChI=1S/C12H17NO2/c1-7-5-8(2)12-10(6-7)11(13-14-4)9(3)15-12/h5-6,9,11,13H,1-4H3. The van der Waals surface area contributed by atoms with Crippen molar-refractivity contribution in [2.75, 3.05) is 7.11 Å². The topological polar surface area (TPSA) is 30.5 Å². The first-order chi connectivity index (χ1) is 7.13. The third kappa shape index (κ3) is 1.73. The van der Waals surface area contributed by atoms with Crippen LogP contribution in [0.15, 0.2) is 12.1 Å². The maximum atomic E-state index is 5.82. The molecule has 1 aromatic rings. The molecule has 0 aliphatic carbocycles. The van der Waals surface area contributed by atoms with E-state index in [9.17, 15) is 0 Å². The normalized spacial score (nSPS) is 23.7. The second-order valence-corrected chi connectivity index (χ2v) is 4.12. The van der Waals surface area contributed by atoms with E-state index in [4.69, 9.17) is 9.57 Å². The maximum Gasteiger partial charge on any atom is 0.127 e. The van der Waals surface area contributed by atoms with Crippen LogP contribution in [0.5, 0.6) is 5.75 Å². The minimum Gasteiger partial charge on any atom is -0.488 e. The predicted molar refractivity (Wildman–Crippen MR) is 58.9 cm³/mol. The van der Waals surface area contributed by atoms with Crippen molar-refractivity contribution < 1.29 is 9.57 Å². The van der Waals surface area contributed by atoms with E-state index in [1.54, 1.807) is 7.11 Å². The third-order valence-electron chi connectivity index (χ3n) is 2.80. The minimum absolute atomic E-state index is 0.112. The number of fused-ring (bicyclic) bond motifs is 1. The van der Waals surface area contributed by atoms with E-state index in [0.29, 0.717) is 0 Å². The Hall–Kier alpha value is -1.06. The highest BCUT2D eigenvalue weighted by Gasteiger charge is 2.32. The van der Waals surface area contributed by atoms with Gasteiger partial charge in [-0.2, -0.15) is 5.48 Å². The van der Waals surface area contributed by atoms with Gasteiger partial charge in [0.05, 0.1) is 13.2 Å². The molecule has 0 saturated heterocycles. The summed E-state index contributed by atoms with van der Waals surface area (Å²) < 4.78 is 5.82. The number of aryl methyl sites for hydroxylation is 2. The van der Waals surface area contributed by atoms with Crippen molar-refractivity contribution >= 4 is 0 Å². The molecule has 1 aliphatic heterocycles. The smallest absolute Gasteiger partial charge is 0.127 e. The van der Waals surface area contributed by atoms with Crippen LogP contribution < -0.4 is 10.2 Å². The minimum atomic E-state index is 0.112. The lowest BCUT2D eigenvalue weighted by molar-refractivity contribution is 0.0338. The van der Waals surface area contributed by atoms with E-state index in [-0.39, 0.29) is 12.1 Å². The molecule has 0 aromatic heterocycles. The fourth-order valence-corrected chi connectivity index (χ4v) is 2.17. The Labute approximate surface area is 90.3 Å². The zero-order chi connectivity index (χ0) is 11.0. The van der Waals surface area contributed by atoms with Gasteiger partial charge < -0.3 is 9.57 Å². The molecule has 0 radical (unpaired) electrons. The van der Waals surface area contributed by atoms with Crippen LogP contribution in [0, 0.1) is 13.8 Å². The number of hydrogen-bond donors (Lipinski definition) is 1. The van der Waals surface area contributed by atoms with E-state index in [1.165, 1.54) is 16.7 Å². The van der Waals surface area contributed by atoms with Gasteiger partial charge >= 0.3 is 0 Å². The highest BCUT2D eigenvalue weighted by molar-refractivity contribution is 5.48. The maximum absolute atomic E-state index is 5.82. The van der Waals surface area contributed by atoms with Crippen LogP contribution in [0.2, 0.25) is 0 Å². The molecule has 1 heterocycles. The van der Waals surface area contributed by atoms with Crippen LogP contribution in [-0.2, 0) is 4.84 Å². The summed E-state index contributed by atoms with van der Waals surface area (Å²) in [5, 5.41) is 0. The molecule has 0 amide bonds. The van der Waals surface area contributed by atoms with Crippen LogP contribution in [0.1, 0.15) is 29.7 Å². The van der Waals surface area contributed by atoms with Crippen molar-refractivity contribution in [2.24, 2.45) is 0 Å². The van der Waals surface area contributed by atoms with E-state index in [0.717, 1.165) is 5.75 Å². The van der Waals surface area contributed by atoms with Gasteiger partial charge in [0, 0.05) is 5.56 Å². The van der Waals surface area contributed by atoms with Crippen LogP contribution in [0.25, 0.3) is 0 Å². The summed E-state index contributed by atoms with van der Waals surface area (Å²) in [6.45, 7) is 6.22. The van der Waals surface area contributed by atoms with Crippen molar-refractivity contribution in [1.82, 2.24) is 5.48 Å². The van der Waals surface area contributed by atoms with E-state index in [1.807, 2.05) is 6.92 Å². The number of rotatable bonds is 2. The molecule has 1 aromatic carbocycles. The summed E-state index contributed by atoms with van der Waals surface area (Å²) in [7, 11) is 1.63. The first-order valence-electron chi connectivity index (χ1n) is 5.19. The molecule has 0 fully saturated rings. The highest BCUT2D eigenvalue weighted by atomic mass is 16.6. The summed E-state index contributed by atoms with van der Waals surface area (Å²) in [5.41, 5.74) is 6.62. The van der Waals surface area contributed by atoms with Gasteiger partial charge in [-0.1, -0.05) is 17.7 Å². The quantitative estimate of drug-likeness (QED) is 0.755. The first-order valence-corrected chi connectivity index (χ1v) is 5.19. The largest absolute Gasteiger partial charge is 0.488 e. The van der Waals surface area contributed by atoms with Gasteiger partial charge in [0.1, 0.15) is 11.9 Å². The molecule has 1 aliphatic rings. The Bertz CT molecular complexity index is 376. The fraction of sp³-hybridized carbons (Fsp3) is 0.500. The van der Waals surface area contributed by atoms with Crippen molar-refractivity contribution in [3.05, 3.63) is 28.8 Å².